The second-order valence-electron chi connectivity index (χ2n) is 4.50. The Kier molecular flexibility index (Phi) is 4.99. The first-order valence-electron chi connectivity index (χ1n) is 6.30. The molecule has 1 aromatic carbocycles. The summed E-state index contributed by atoms with van der Waals surface area (Å²) in [5.41, 5.74) is 1.17. The van der Waals surface area contributed by atoms with Crippen LogP contribution >= 0.6 is 23.4 Å². The van der Waals surface area contributed by atoms with E-state index in [0.29, 0.717) is 29.2 Å². The van der Waals surface area contributed by atoms with Crippen LogP contribution in [0.1, 0.15) is 17.3 Å². The summed E-state index contributed by atoms with van der Waals surface area (Å²) in [5, 5.41) is -0.173. The zero-order valence-corrected chi connectivity index (χ0v) is 13.5. The molecule has 1 unspecified atom stereocenters. The second-order valence-corrected chi connectivity index (χ2v) is 8.50. The fourth-order valence-corrected chi connectivity index (χ4v) is 5.37. The Hall–Kier alpha value is -0.720. The Morgan fingerprint density at radius 3 is 2.85 bits per heavy atom. The van der Waals surface area contributed by atoms with Crippen LogP contribution in [0, 0.1) is 0 Å². The number of hydrogen-bond donors (Lipinski definition) is 0. The van der Waals surface area contributed by atoms with Crippen LogP contribution in [-0.4, -0.2) is 43.9 Å². The van der Waals surface area contributed by atoms with Crippen LogP contribution in [0.2, 0.25) is 5.02 Å². The molecule has 4 nitrogen and oxygen atoms in total. The average molecular weight is 334 g/mol. The van der Waals surface area contributed by atoms with Crippen molar-refractivity contribution in [1.29, 1.82) is 0 Å². The predicted octanol–water partition coefficient (Wildman–Crippen LogP) is 2.47. The largest absolute Gasteiger partial charge is 0.353 e. The van der Waals surface area contributed by atoms with E-state index in [9.17, 15) is 13.2 Å². The highest BCUT2D eigenvalue weighted by atomic mass is 35.5. The van der Waals surface area contributed by atoms with Gasteiger partial charge in [-0.05, 0) is 18.2 Å². The molecule has 0 aliphatic carbocycles. The molecule has 0 saturated carbocycles. The summed E-state index contributed by atoms with van der Waals surface area (Å²) in [7, 11) is -3.15. The molecule has 1 atom stereocenters. The van der Waals surface area contributed by atoms with E-state index in [0.717, 1.165) is 11.4 Å². The maximum Gasteiger partial charge on any atom is 0.171 e. The molecule has 0 radical (unpaired) electrons. The van der Waals surface area contributed by atoms with Crippen molar-refractivity contribution in [1.82, 2.24) is 0 Å². The quantitative estimate of drug-likeness (QED) is 0.792. The molecule has 20 heavy (non-hydrogen) atoms. The molecule has 1 aliphatic rings. The summed E-state index contributed by atoms with van der Waals surface area (Å²) < 4.78 is 24.4. The van der Waals surface area contributed by atoms with E-state index >= 15 is 0 Å². The number of carbonyl (C=O) groups excluding carboxylic acids is 1. The Morgan fingerprint density at radius 1 is 1.50 bits per heavy atom. The molecule has 0 bridgehead atoms. The van der Waals surface area contributed by atoms with Crippen LogP contribution < -0.4 is 4.90 Å². The molecule has 1 saturated heterocycles. The van der Waals surface area contributed by atoms with Crippen LogP contribution in [0.3, 0.4) is 0 Å². The van der Waals surface area contributed by atoms with E-state index < -0.39 is 15.2 Å². The van der Waals surface area contributed by atoms with Crippen molar-refractivity contribution in [2.24, 2.45) is 0 Å². The van der Waals surface area contributed by atoms with Gasteiger partial charge in [-0.3, -0.25) is 4.79 Å². The third-order valence-corrected chi connectivity index (χ3v) is 6.96. The van der Waals surface area contributed by atoms with Crippen molar-refractivity contribution >= 4 is 45.2 Å². The van der Waals surface area contributed by atoms with Crippen molar-refractivity contribution < 1.29 is 13.2 Å². The van der Waals surface area contributed by atoms with E-state index in [1.54, 1.807) is 36.9 Å². The SMILES string of the molecule is CCS(=O)(=O)C1CSCCN1c1ccc(C=O)c(Cl)c1. The lowest BCUT2D eigenvalue weighted by Gasteiger charge is -2.36. The highest BCUT2D eigenvalue weighted by Gasteiger charge is 2.33. The van der Waals surface area contributed by atoms with E-state index in [1.165, 1.54) is 0 Å². The zero-order valence-electron chi connectivity index (χ0n) is 11.1. The Morgan fingerprint density at radius 2 is 2.25 bits per heavy atom. The van der Waals surface area contributed by atoms with Crippen molar-refractivity contribution in [2.45, 2.75) is 12.3 Å². The summed E-state index contributed by atoms with van der Waals surface area (Å²) >= 11 is 7.68. The van der Waals surface area contributed by atoms with E-state index in [2.05, 4.69) is 0 Å². The molecule has 2 rings (SSSR count). The van der Waals surface area contributed by atoms with Gasteiger partial charge in [-0.25, -0.2) is 8.42 Å². The maximum atomic E-state index is 12.2. The van der Waals surface area contributed by atoms with Gasteiger partial charge in [0.05, 0.1) is 5.02 Å². The molecule has 1 heterocycles. The summed E-state index contributed by atoms with van der Waals surface area (Å²) in [6.07, 6.45) is 0.693. The van der Waals surface area contributed by atoms with Gasteiger partial charge < -0.3 is 4.90 Å². The molecule has 0 aromatic heterocycles. The minimum absolute atomic E-state index is 0.120. The summed E-state index contributed by atoms with van der Waals surface area (Å²) in [6, 6.07) is 5.05. The zero-order chi connectivity index (χ0) is 14.8. The molecule has 0 amide bonds. The van der Waals surface area contributed by atoms with Crippen molar-refractivity contribution in [3.63, 3.8) is 0 Å². The molecule has 1 fully saturated rings. The van der Waals surface area contributed by atoms with Crippen LogP contribution in [0.5, 0.6) is 0 Å². The normalized spacial score (nSPS) is 19.9. The van der Waals surface area contributed by atoms with Gasteiger partial charge >= 0.3 is 0 Å². The number of rotatable bonds is 4. The van der Waals surface area contributed by atoms with Gasteiger partial charge in [0.2, 0.25) is 0 Å². The van der Waals surface area contributed by atoms with Crippen LogP contribution in [-0.2, 0) is 9.84 Å². The van der Waals surface area contributed by atoms with Crippen LogP contribution in [0.4, 0.5) is 5.69 Å². The van der Waals surface area contributed by atoms with Gasteiger partial charge in [-0.15, -0.1) is 0 Å². The first-order valence-corrected chi connectivity index (χ1v) is 9.55. The third-order valence-electron chi connectivity index (χ3n) is 3.34. The Bertz CT molecular complexity index is 604. The lowest BCUT2D eigenvalue weighted by Crippen LogP contribution is -2.48. The fraction of sp³-hybridized carbons (Fsp3) is 0.462. The monoisotopic (exact) mass is 333 g/mol. The number of nitrogens with zero attached hydrogens (tertiary/aromatic N) is 1. The number of benzene rings is 1. The summed E-state index contributed by atoms with van der Waals surface area (Å²) in [6.45, 7) is 2.32. The molecule has 1 aliphatic heterocycles. The highest BCUT2D eigenvalue weighted by Crippen LogP contribution is 2.30. The van der Waals surface area contributed by atoms with Gasteiger partial charge in [0.15, 0.2) is 16.1 Å². The summed E-state index contributed by atoms with van der Waals surface area (Å²) in [5.74, 6) is 1.56. The molecule has 110 valence electrons. The van der Waals surface area contributed by atoms with E-state index in [4.69, 9.17) is 11.6 Å². The predicted molar refractivity (Wildman–Crippen MR) is 84.8 cm³/mol. The molecule has 0 spiro atoms. The minimum atomic E-state index is -3.15. The van der Waals surface area contributed by atoms with Crippen molar-refractivity contribution in [3.8, 4) is 0 Å². The van der Waals surface area contributed by atoms with Gasteiger partial charge in [0, 0.05) is 35.1 Å². The number of carbonyl (C=O) groups is 1. The number of hydrogen-bond acceptors (Lipinski definition) is 5. The minimum Gasteiger partial charge on any atom is -0.353 e. The standard InChI is InChI=1S/C13H16ClNO3S2/c1-2-20(17,18)13-9-19-6-5-15(13)11-4-3-10(8-16)12(14)7-11/h3-4,7-8,13H,2,5-6,9H2,1H3. The first kappa shape index (κ1) is 15.7. The maximum absolute atomic E-state index is 12.2. The van der Waals surface area contributed by atoms with Gasteiger partial charge in [-0.2, -0.15) is 11.8 Å². The lowest BCUT2D eigenvalue weighted by atomic mass is 10.2. The smallest absolute Gasteiger partial charge is 0.171 e. The highest BCUT2D eigenvalue weighted by molar-refractivity contribution is 8.01. The molecular weight excluding hydrogens is 318 g/mol. The lowest BCUT2D eigenvalue weighted by molar-refractivity contribution is 0.112. The average Bonchev–Trinajstić information content (AvgIpc) is 2.47. The molecular formula is C13H16ClNO3S2. The van der Waals surface area contributed by atoms with Crippen molar-refractivity contribution in [3.05, 3.63) is 28.8 Å². The number of sulfone groups is 1. The second kappa shape index (κ2) is 6.37. The third kappa shape index (κ3) is 3.13. The Labute approximate surface area is 128 Å². The Balaban J connectivity index is 2.38. The van der Waals surface area contributed by atoms with E-state index in [1.807, 2.05) is 4.90 Å². The van der Waals surface area contributed by atoms with Crippen LogP contribution in [0.25, 0.3) is 0 Å². The van der Waals surface area contributed by atoms with Gasteiger partial charge in [-0.1, -0.05) is 18.5 Å². The van der Waals surface area contributed by atoms with E-state index in [-0.39, 0.29) is 5.75 Å². The first-order chi connectivity index (χ1) is 9.49. The fourth-order valence-electron chi connectivity index (χ4n) is 2.16. The number of halogens is 1. The number of thioether (sulfide) groups is 1. The molecule has 7 heteroatoms. The van der Waals surface area contributed by atoms with Gasteiger partial charge in [0.1, 0.15) is 5.37 Å². The topological polar surface area (TPSA) is 54.5 Å². The number of aldehydes is 1. The van der Waals surface area contributed by atoms with Crippen molar-refractivity contribution in [2.75, 3.05) is 28.7 Å². The van der Waals surface area contributed by atoms with Gasteiger partial charge in [0.25, 0.3) is 0 Å². The number of anilines is 1. The summed E-state index contributed by atoms with van der Waals surface area (Å²) in [4.78, 5) is 12.7. The van der Waals surface area contributed by atoms with Crippen LogP contribution in [0.15, 0.2) is 18.2 Å². The molecule has 1 aromatic rings. The molecule has 0 N–H and O–H groups in total.